The second-order valence-electron chi connectivity index (χ2n) is 3.19. The molecule has 0 aliphatic carbocycles. The summed E-state index contributed by atoms with van der Waals surface area (Å²) < 4.78 is 0. The predicted molar refractivity (Wildman–Crippen MR) is 50.4 cm³/mol. The summed E-state index contributed by atoms with van der Waals surface area (Å²) in [5.74, 6) is -0.607. The van der Waals surface area contributed by atoms with Crippen LogP contribution in [0.2, 0.25) is 0 Å². The van der Waals surface area contributed by atoms with Gasteiger partial charge in [0.05, 0.1) is 6.10 Å². The van der Waals surface area contributed by atoms with Crippen LogP contribution in [0, 0.1) is 5.92 Å². The zero-order valence-corrected chi connectivity index (χ0v) is 8.47. The maximum absolute atomic E-state index is 10.6. The van der Waals surface area contributed by atoms with E-state index >= 15 is 0 Å². The Labute approximate surface area is 77.2 Å². The highest BCUT2D eigenvalue weighted by atomic mass is 32.2. The van der Waals surface area contributed by atoms with Crippen molar-refractivity contribution in [2.45, 2.75) is 31.6 Å². The van der Waals surface area contributed by atoms with Crippen LogP contribution in [0.5, 0.6) is 0 Å². The van der Waals surface area contributed by atoms with Gasteiger partial charge in [-0.1, -0.05) is 13.8 Å². The molecule has 2 N–H and O–H groups in total. The molecule has 0 unspecified atom stereocenters. The van der Waals surface area contributed by atoms with E-state index in [0.29, 0.717) is 12.3 Å². The van der Waals surface area contributed by atoms with E-state index in [-0.39, 0.29) is 0 Å². The van der Waals surface area contributed by atoms with Gasteiger partial charge in [-0.3, -0.25) is 4.79 Å². The molecule has 0 aromatic rings. The average molecular weight is 192 g/mol. The molecule has 0 fully saturated rings. The van der Waals surface area contributed by atoms with E-state index in [1.165, 1.54) is 11.8 Å². The van der Waals surface area contributed by atoms with Crippen molar-refractivity contribution in [2.24, 2.45) is 5.92 Å². The molecule has 0 rings (SSSR count). The maximum Gasteiger partial charge on any atom is 0.319 e. The molecule has 0 aromatic heterocycles. The summed E-state index contributed by atoms with van der Waals surface area (Å²) in [6.07, 6.45) is 1.50. The second kappa shape index (κ2) is 5.43. The van der Waals surface area contributed by atoms with E-state index in [1.54, 1.807) is 6.26 Å². The van der Waals surface area contributed by atoms with E-state index in [0.717, 1.165) is 0 Å². The van der Waals surface area contributed by atoms with Gasteiger partial charge < -0.3 is 10.2 Å². The van der Waals surface area contributed by atoms with Gasteiger partial charge in [0.25, 0.3) is 0 Å². The van der Waals surface area contributed by atoms with Crippen molar-refractivity contribution in [2.75, 3.05) is 6.26 Å². The maximum atomic E-state index is 10.6. The monoisotopic (exact) mass is 192 g/mol. The zero-order chi connectivity index (χ0) is 9.72. The molecule has 4 heteroatoms. The van der Waals surface area contributed by atoms with Crippen LogP contribution in [-0.2, 0) is 4.79 Å². The van der Waals surface area contributed by atoms with Crippen molar-refractivity contribution in [3.05, 3.63) is 0 Å². The molecule has 0 amide bonds. The Morgan fingerprint density at radius 2 is 2.00 bits per heavy atom. The number of carboxylic acids is 1. The first kappa shape index (κ1) is 11.8. The number of carbonyl (C=O) groups is 1. The fourth-order valence-corrected chi connectivity index (χ4v) is 1.66. The third kappa shape index (κ3) is 3.97. The zero-order valence-electron chi connectivity index (χ0n) is 7.65. The van der Waals surface area contributed by atoms with Crippen LogP contribution in [0.3, 0.4) is 0 Å². The molecule has 72 valence electrons. The lowest BCUT2D eigenvalue weighted by Crippen LogP contribution is -2.31. The van der Waals surface area contributed by atoms with Gasteiger partial charge in [0.1, 0.15) is 5.25 Å². The lowest BCUT2D eigenvalue weighted by molar-refractivity contribution is -0.138. The summed E-state index contributed by atoms with van der Waals surface area (Å²) in [5.41, 5.74) is 0. The standard InChI is InChI=1S/C8H16O3S/c1-5(2)4-6(9)7(12-3)8(10)11/h5-7,9H,4H2,1-3H3,(H,10,11)/t6-,7+/m0/s1. The van der Waals surface area contributed by atoms with E-state index in [9.17, 15) is 9.90 Å². The summed E-state index contributed by atoms with van der Waals surface area (Å²) in [7, 11) is 0. The van der Waals surface area contributed by atoms with Gasteiger partial charge in [-0.25, -0.2) is 0 Å². The smallest absolute Gasteiger partial charge is 0.319 e. The van der Waals surface area contributed by atoms with Crippen LogP contribution in [0.25, 0.3) is 0 Å². The quantitative estimate of drug-likeness (QED) is 0.687. The van der Waals surface area contributed by atoms with Crippen molar-refractivity contribution in [3.8, 4) is 0 Å². The van der Waals surface area contributed by atoms with E-state index < -0.39 is 17.3 Å². The van der Waals surface area contributed by atoms with Crippen molar-refractivity contribution in [1.29, 1.82) is 0 Å². The Bertz CT molecular complexity index is 147. The van der Waals surface area contributed by atoms with Crippen LogP contribution in [0.15, 0.2) is 0 Å². The predicted octanol–water partition coefficient (Wildman–Crippen LogP) is 1.21. The first-order chi connectivity index (χ1) is 5.49. The number of thioether (sulfide) groups is 1. The topological polar surface area (TPSA) is 57.5 Å². The second-order valence-corrected chi connectivity index (χ2v) is 4.17. The van der Waals surface area contributed by atoms with Crippen LogP contribution in [0.4, 0.5) is 0 Å². The number of rotatable bonds is 5. The molecular weight excluding hydrogens is 176 g/mol. The van der Waals surface area contributed by atoms with Gasteiger partial charge in [-0.2, -0.15) is 0 Å². The van der Waals surface area contributed by atoms with Crippen LogP contribution in [0.1, 0.15) is 20.3 Å². The van der Waals surface area contributed by atoms with E-state index in [2.05, 4.69) is 0 Å². The fourth-order valence-electron chi connectivity index (χ4n) is 1.03. The minimum absolute atomic E-state index is 0.328. The molecule has 0 spiro atoms. The van der Waals surface area contributed by atoms with Crippen molar-refractivity contribution in [3.63, 3.8) is 0 Å². The Morgan fingerprint density at radius 3 is 2.25 bits per heavy atom. The molecule has 0 bridgehead atoms. The first-order valence-electron chi connectivity index (χ1n) is 3.92. The SMILES string of the molecule is CS[C@@H](C(=O)O)[C@@H](O)CC(C)C. The molecule has 0 aliphatic rings. The molecule has 0 radical (unpaired) electrons. The highest BCUT2D eigenvalue weighted by Crippen LogP contribution is 2.17. The molecule has 0 saturated carbocycles. The van der Waals surface area contributed by atoms with Crippen molar-refractivity contribution in [1.82, 2.24) is 0 Å². The summed E-state index contributed by atoms with van der Waals surface area (Å²) in [4.78, 5) is 10.6. The number of hydrogen-bond acceptors (Lipinski definition) is 3. The minimum atomic E-state index is -0.935. The lowest BCUT2D eigenvalue weighted by Gasteiger charge is -2.18. The molecule has 0 aromatic carbocycles. The van der Waals surface area contributed by atoms with Gasteiger partial charge in [-0.15, -0.1) is 11.8 Å². The van der Waals surface area contributed by atoms with E-state index in [1.807, 2.05) is 13.8 Å². The van der Waals surface area contributed by atoms with Gasteiger partial charge in [0.2, 0.25) is 0 Å². The van der Waals surface area contributed by atoms with Gasteiger partial charge in [0.15, 0.2) is 0 Å². The Hall–Kier alpha value is -0.220. The third-order valence-electron chi connectivity index (χ3n) is 1.56. The number of carboxylic acid groups (broad SMARTS) is 1. The Kier molecular flexibility index (Phi) is 5.33. The number of aliphatic carboxylic acids is 1. The number of aliphatic hydroxyl groups excluding tert-OH is 1. The summed E-state index contributed by atoms with van der Waals surface area (Å²) in [5, 5.41) is 17.4. The number of aliphatic hydroxyl groups is 1. The fraction of sp³-hybridized carbons (Fsp3) is 0.875. The average Bonchev–Trinajstić information content (AvgIpc) is 1.85. The molecule has 12 heavy (non-hydrogen) atoms. The van der Waals surface area contributed by atoms with Crippen molar-refractivity contribution < 1.29 is 15.0 Å². The van der Waals surface area contributed by atoms with E-state index in [4.69, 9.17) is 5.11 Å². The molecule has 0 heterocycles. The summed E-state index contributed by atoms with van der Waals surface area (Å²) in [6, 6.07) is 0. The van der Waals surface area contributed by atoms with Crippen LogP contribution >= 0.6 is 11.8 Å². The molecule has 0 saturated heterocycles. The van der Waals surface area contributed by atoms with Gasteiger partial charge in [-0.05, 0) is 18.6 Å². The highest BCUT2D eigenvalue weighted by molar-refractivity contribution is 7.99. The van der Waals surface area contributed by atoms with Crippen LogP contribution in [-0.4, -0.2) is 33.8 Å². The summed E-state index contributed by atoms with van der Waals surface area (Å²) in [6.45, 7) is 3.92. The Morgan fingerprint density at radius 1 is 1.50 bits per heavy atom. The first-order valence-corrected chi connectivity index (χ1v) is 5.21. The van der Waals surface area contributed by atoms with Crippen molar-refractivity contribution >= 4 is 17.7 Å². The van der Waals surface area contributed by atoms with Gasteiger partial charge in [0, 0.05) is 0 Å². The van der Waals surface area contributed by atoms with Gasteiger partial charge >= 0.3 is 5.97 Å². The minimum Gasteiger partial charge on any atom is -0.480 e. The highest BCUT2D eigenvalue weighted by Gasteiger charge is 2.25. The third-order valence-corrected chi connectivity index (χ3v) is 2.58. The summed E-state index contributed by atoms with van der Waals surface area (Å²) >= 11 is 1.18. The molecule has 2 atom stereocenters. The largest absolute Gasteiger partial charge is 0.480 e. The lowest BCUT2D eigenvalue weighted by atomic mass is 10.0. The number of hydrogen-bond donors (Lipinski definition) is 2. The van der Waals surface area contributed by atoms with Crippen LogP contribution < -0.4 is 0 Å². The molecular formula is C8H16O3S. The normalized spacial score (nSPS) is 16.1. The Balaban J connectivity index is 4.02. The molecule has 0 aliphatic heterocycles. The molecule has 3 nitrogen and oxygen atoms in total.